The molecule has 1 saturated carbocycles. The van der Waals surface area contributed by atoms with E-state index in [4.69, 9.17) is 11.5 Å². The van der Waals surface area contributed by atoms with E-state index >= 15 is 0 Å². The van der Waals surface area contributed by atoms with E-state index in [1.165, 1.54) is 6.07 Å². The molecule has 8 N–H and O–H groups in total. The lowest BCUT2D eigenvalue weighted by Gasteiger charge is -2.28. The standard InChI is InChI=1S/C22H29N7O3/c1-13(23)27-22(32)18-9-17(29-20(18)24)10-19(30)28-16-6-4-15(5-7-16)21(31)26-12-14-3-2-8-25-11-14/h2-3,8-9,11,15-16,29H,1,4-7,10,12,23-24H2,(H,26,31)(H,27,32)(H,28,30). The predicted octanol–water partition coefficient (Wildman–Crippen LogP) is 0.686. The van der Waals surface area contributed by atoms with Crippen LogP contribution in [0.4, 0.5) is 5.82 Å². The van der Waals surface area contributed by atoms with Crippen molar-refractivity contribution in [2.75, 3.05) is 5.73 Å². The normalized spacial score (nSPS) is 17.9. The molecule has 3 rings (SSSR count). The molecule has 0 aromatic carbocycles. The van der Waals surface area contributed by atoms with Crippen molar-refractivity contribution >= 4 is 23.5 Å². The Hall–Kier alpha value is -3.82. The second-order valence-electron chi connectivity index (χ2n) is 7.97. The summed E-state index contributed by atoms with van der Waals surface area (Å²) in [6.07, 6.45) is 6.38. The average molecular weight is 440 g/mol. The highest BCUT2D eigenvalue weighted by Gasteiger charge is 2.27. The van der Waals surface area contributed by atoms with Crippen LogP contribution in [-0.4, -0.2) is 33.7 Å². The number of hydrogen-bond donors (Lipinski definition) is 6. The van der Waals surface area contributed by atoms with Gasteiger partial charge in [-0.25, -0.2) is 0 Å². The maximum Gasteiger partial charge on any atom is 0.260 e. The first-order valence-corrected chi connectivity index (χ1v) is 10.5. The molecular formula is C22H29N7O3. The number of rotatable bonds is 8. The number of H-pyrrole nitrogens is 1. The maximum atomic E-state index is 12.4. The molecule has 1 aliphatic carbocycles. The highest BCUT2D eigenvalue weighted by atomic mass is 16.2. The van der Waals surface area contributed by atoms with Gasteiger partial charge in [-0.05, 0) is 43.4 Å². The lowest BCUT2D eigenvalue weighted by atomic mass is 9.85. The van der Waals surface area contributed by atoms with Gasteiger partial charge in [0.25, 0.3) is 5.91 Å². The van der Waals surface area contributed by atoms with Gasteiger partial charge >= 0.3 is 0 Å². The van der Waals surface area contributed by atoms with Crippen LogP contribution in [0.2, 0.25) is 0 Å². The lowest BCUT2D eigenvalue weighted by molar-refractivity contribution is -0.126. The summed E-state index contributed by atoms with van der Waals surface area (Å²) < 4.78 is 0. The topological polar surface area (TPSA) is 168 Å². The van der Waals surface area contributed by atoms with Gasteiger partial charge < -0.3 is 32.4 Å². The number of nitrogens with one attached hydrogen (secondary N) is 4. The van der Waals surface area contributed by atoms with Crippen LogP contribution in [0.1, 0.15) is 47.3 Å². The number of anilines is 1. The molecule has 10 heteroatoms. The molecule has 2 aromatic heterocycles. The van der Waals surface area contributed by atoms with Crippen LogP contribution in [0.25, 0.3) is 0 Å². The van der Waals surface area contributed by atoms with Gasteiger partial charge in [-0.15, -0.1) is 0 Å². The van der Waals surface area contributed by atoms with Gasteiger partial charge in [-0.2, -0.15) is 0 Å². The predicted molar refractivity (Wildman–Crippen MR) is 120 cm³/mol. The number of nitrogens with two attached hydrogens (primary N) is 2. The second-order valence-corrected chi connectivity index (χ2v) is 7.97. The number of nitrogen functional groups attached to an aromatic ring is 1. The van der Waals surface area contributed by atoms with Gasteiger partial charge in [0.2, 0.25) is 11.8 Å². The van der Waals surface area contributed by atoms with Crippen molar-refractivity contribution in [3.05, 3.63) is 59.8 Å². The molecule has 10 nitrogen and oxygen atoms in total. The monoisotopic (exact) mass is 439 g/mol. The molecule has 32 heavy (non-hydrogen) atoms. The second kappa shape index (κ2) is 10.5. The van der Waals surface area contributed by atoms with Crippen molar-refractivity contribution in [2.24, 2.45) is 11.7 Å². The molecule has 1 aliphatic rings. The Morgan fingerprint density at radius 1 is 1.22 bits per heavy atom. The lowest BCUT2D eigenvalue weighted by Crippen LogP contribution is -2.41. The van der Waals surface area contributed by atoms with Gasteiger partial charge in [0.15, 0.2) is 0 Å². The van der Waals surface area contributed by atoms with E-state index in [1.807, 2.05) is 12.1 Å². The minimum absolute atomic E-state index is 0.0104. The zero-order valence-electron chi connectivity index (χ0n) is 17.8. The summed E-state index contributed by atoms with van der Waals surface area (Å²) in [6, 6.07) is 5.29. The Bertz CT molecular complexity index is 979. The SMILES string of the molecule is C=C(N)NC(=O)c1cc(CC(=O)NC2CCC(C(=O)NCc3cccnc3)CC2)[nH]c1N. The van der Waals surface area contributed by atoms with Crippen molar-refractivity contribution < 1.29 is 14.4 Å². The number of aromatic nitrogens is 2. The Morgan fingerprint density at radius 2 is 1.97 bits per heavy atom. The highest BCUT2D eigenvalue weighted by molar-refractivity contribution is 5.99. The zero-order valence-corrected chi connectivity index (χ0v) is 17.8. The van der Waals surface area contributed by atoms with E-state index in [1.54, 1.807) is 12.4 Å². The number of carbonyl (C=O) groups is 3. The molecule has 0 aliphatic heterocycles. The summed E-state index contributed by atoms with van der Waals surface area (Å²) in [6.45, 7) is 3.87. The van der Waals surface area contributed by atoms with Gasteiger partial charge in [0.05, 0.1) is 17.8 Å². The molecule has 0 atom stereocenters. The van der Waals surface area contributed by atoms with Crippen LogP contribution in [-0.2, 0) is 22.6 Å². The van der Waals surface area contributed by atoms with E-state index in [2.05, 4.69) is 32.5 Å². The van der Waals surface area contributed by atoms with Crippen LogP contribution < -0.4 is 27.4 Å². The number of amides is 3. The Morgan fingerprint density at radius 3 is 2.62 bits per heavy atom. The minimum atomic E-state index is -0.488. The van der Waals surface area contributed by atoms with E-state index in [-0.39, 0.29) is 47.4 Å². The quantitative estimate of drug-likeness (QED) is 0.354. The van der Waals surface area contributed by atoms with Gasteiger partial charge in [-0.1, -0.05) is 12.6 Å². The molecule has 0 spiro atoms. The fourth-order valence-electron chi connectivity index (χ4n) is 3.81. The third-order valence-corrected chi connectivity index (χ3v) is 5.43. The molecule has 2 heterocycles. The van der Waals surface area contributed by atoms with Crippen molar-refractivity contribution in [3.63, 3.8) is 0 Å². The van der Waals surface area contributed by atoms with Crippen molar-refractivity contribution in [1.82, 2.24) is 25.9 Å². The first-order chi connectivity index (χ1) is 15.3. The highest BCUT2D eigenvalue weighted by Crippen LogP contribution is 2.25. The van der Waals surface area contributed by atoms with Crippen LogP contribution in [0.15, 0.2) is 43.0 Å². The van der Waals surface area contributed by atoms with E-state index < -0.39 is 5.91 Å². The smallest absolute Gasteiger partial charge is 0.260 e. The first-order valence-electron chi connectivity index (χ1n) is 10.5. The fourth-order valence-corrected chi connectivity index (χ4v) is 3.81. The number of hydrogen-bond acceptors (Lipinski definition) is 6. The number of carbonyl (C=O) groups excluding carboxylic acids is 3. The van der Waals surface area contributed by atoms with Crippen LogP contribution in [0.5, 0.6) is 0 Å². The minimum Gasteiger partial charge on any atom is -0.386 e. The van der Waals surface area contributed by atoms with Crippen molar-refractivity contribution in [1.29, 1.82) is 0 Å². The molecule has 2 aromatic rings. The largest absolute Gasteiger partial charge is 0.386 e. The first kappa shape index (κ1) is 22.9. The van der Waals surface area contributed by atoms with Crippen LogP contribution in [0, 0.1) is 5.92 Å². The van der Waals surface area contributed by atoms with Crippen molar-refractivity contribution in [2.45, 2.75) is 44.7 Å². The Labute approximate surface area is 186 Å². The van der Waals surface area contributed by atoms with Crippen molar-refractivity contribution in [3.8, 4) is 0 Å². The summed E-state index contributed by atoms with van der Waals surface area (Å²) in [5, 5.41) is 8.33. The average Bonchev–Trinajstić information content (AvgIpc) is 3.12. The third-order valence-electron chi connectivity index (χ3n) is 5.43. The summed E-state index contributed by atoms with van der Waals surface area (Å²) in [7, 11) is 0. The molecule has 0 unspecified atom stereocenters. The van der Waals surface area contributed by atoms with E-state index in [0.717, 1.165) is 18.4 Å². The summed E-state index contributed by atoms with van der Waals surface area (Å²) in [5.41, 5.74) is 12.9. The summed E-state index contributed by atoms with van der Waals surface area (Å²) >= 11 is 0. The molecule has 0 bridgehead atoms. The molecule has 3 amide bonds. The molecule has 0 radical (unpaired) electrons. The zero-order chi connectivity index (χ0) is 23.1. The van der Waals surface area contributed by atoms with Gasteiger partial charge in [-0.3, -0.25) is 19.4 Å². The van der Waals surface area contributed by atoms with Crippen LogP contribution in [0.3, 0.4) is 0 Å². The van der Waals surface area contributed by atoms with Gasteiger partial charge in [0.1, 0.15) is 5.82 Å². The van der Waals surface area contributed by atoms with Crippen LogP contribution >= 0.6 is 0 Å². The maximum absolute atomic E-state index is 12.4. The Balaban J connectivity index is 1.42. The van der Waals surface area contributed by atoms with E-state index in [9.17, 15) is 14.4 Å². The number of aromatic amines is 1. The van der Waals surface area contributed by atoms with E-state index in [0.29, 0.717) is 25.1 Å². The number of pyridine rings is 1. The Kier molecular flexibility index (Phi) is 7.48. The van der Waals surface area contributed by atoms with Gasteiger partial charge in [0, 0.05) is 36.6 Å². The fraction of sp³-hybridized carbons (Fsp3) is 0.364. The molecule has 170 valence electrons. The third kappa shape index (κ3) is 6.34. The summed E-state index contributed by atoms with van der Waals surface area (Å²) in [4.78, 5) is 43.7. The molecular weight excluding hydrogens is 410 g/mol. The number of nitrogens with zero attached hydrogens (tertiary/aromatic N) is 1. The molecule has 0 saturated heterocycles. The molecule has 1 fully saturated rings. The summed E-state index contributed by atoms with van der Waals surface area (Å²) in [5.74, 6) is -0.516.